The van der Waals surface area contributed by atoms with Crippen LogP contribution in [0, 0.1) is 10.7 Å². The monoisotopic (exact) mass is 403 g/mol. The van der Waals surface area contributed by atoms with Crippen molar-refractivity contribution in [3.8, 4) is 0 Å². The van der Waals surface area contributed by atoms with E-state index < -0.39 is 9.73 Å². The number of hydrogen-bond donors (Lipinski definition) is 2. The van der Waals surface area contributed by atoms with Crippen LogP contribution < -0.4 is 5.32 Å². The summed E-state index contributed by atoms with van der Waals surface area (Å²) < 4.78 is 22.5. The van der Waals surface area contributed by atoms with Gasteiger partial charge >= 0.3 is 0 Å². The molecule has 1 saturated carbocycles. The minimum absolute atomic E-state index is 0.437. The fraction of sp³-hybridized carbons (Fsp3) is 0.368. The van der Waals surface area contributed by atoms with Gasteiger partial charge in [0.15, 0.2) is 10.8 Å². The van der Waals surface area contributed by atoms with E-state index in [0.29, 0.717) is 34.8 Å². The highest BCUT2D eigenvalue weighted by atomic mass is 35.5. The fourth-order valence-electron chi connectivity index (χ4n) is 3.16. The predicted octanol–water partition coefficient (Wildman–Crippen LogP) is 4.53. The lowest BCUT2D eigenvalue weighted by molar-refractivity contribution is 0.671. The summed E-state index contributed by atoms with van der Waals surface area (Å²) in [5.41, 5.74) is 2.69. The Labute approximate surface area is 163 Å². The van der Waals surface area contributed by atoms with Crippen molar-refractivity contribution >= 4 is 38.1 Å². The molecule has 2 N–H and O–H groups in total. The second-order valence-corrected chi connectivity index (χ2v) is 9.46. The van der Waals surface area contributed by atoms with Crippen molar-refractivity contribution in [3.05, 3.63) is 47.2 Å². The first-order valence-electron chi connectivity index (χ1n) is 9.08. The molecule has 0 amide bonds. The summed E-state index contributed by atoms with van der Waals surface area (Å²) in [6.07, 6.45) is 3.95. The van der Waals surface area contributed by atoms with Crippen molar-refractivity contribution in [2.45, 2.75) is 37.8 Å². The average molecular weight is 404 g/mol. The molecule has 1 fully saturated rings. The molecule has 1 aromatic carbocycles. The molecular weight excluding hydrogens is 382 g/mol. The van der Waals surface area contributed by atoms with Gasteiger partial charge in [-0.25, -0.2) is 18.7 Å². The highest BCUT2D eigenvalue weighted by Gasteiger charge is 2.26. The van der Waals surface area contributed by atoms with Crippen LogP contribution in [0.5, 0.6) is 0 Å². The van der Waals surface area contributed by atoms with Gasteiger partial charge in [0.2, 0.25) is 0 Å². The number of halogens is 1. The lowest BCUT2D eigenvalue weighted by atomic mass is 10.2. The topological polar surface area (TPSA) is 83.7 Å². The number of rotatable bonds is 7. The van der Waals surface area contributed by atoms with Gasteiger partial charge < -0.3 is 5.32 Å². The summed E-state index contributed by atoms with van der Waals surface area (Å²) in [7, 11) is -2.67. The van der Waals surface area contributed by atoms with E-state index in [9.17, 15) is 4.21 Å². The van der Waals surface area contributed by atoms with E-state index in [1.54, 1.807) is 10.9 Å². The third-order valence-corrected chi connectivity index (χ3v) is 7.08. The first-order valence-corrected chi connectivity index (χ1v) is 11.2. The van der Waals surface area contributed by atoms with Gasteiger partial charge in [-0.1, -0.05) is 23.7 Å². The molecule has 0 radical (unpaired) electrons. The molecule has 1 unspecified atom stereocenters. The highest BCUT2D eigenvalue weighted by molar-refractivity contribution is 7.92. The quantitative estimate of drug-likeness (QED) is 0.606. The van der Waals surface area contributed by atoms with E-state index in [1.807, 2.05) is 37.3 Å². The summed E-state index contributed by atoms with van der Waals surface area (Å²) in [6.45, 7) is 3.29. The van der Waals surface area contributed by atoms with Crippen LogP contribution >= 0.6 is 11.6 Å². The van der Waals surface area contributed by atoms with Gasteiger partial charge in [-0.2, -0.15) is 5.10 Å². The van der Waals surface area contributed by atoms with E-state index in [-0.39, 0.29) is 0 Å². The molecule has 4 rings (SSSR count). The van der Waals surface area contributed by atoms with Gasteiger partial charge in [0.25, 0.3) is 0 Å². The number of fused-ring (bicyclic) bond motifs is 1. The average Bonchev–Trinajstić information content (AvgIpc) is 3.41. The molecule has 2 aromatic heterocycles. The van der Waals surface area contributed by atoms with Crippen molar-refractivity contribution < 1.29 is 4.21 Å². The summed E-state index contributed by atoms with van der Waals surface area (Å²) in [4.78, 5) is 5.00. The number of benzene rings is 1. The molecule has 0 spiro atoms. The zero-order valence-corrected chi connectivity index (χ0v) is 16.7. The fourth-order valence-corrected chi connectivity index (χ4v) is 5.20. The molecule has 1 aliphatic rings. The maximum Gasteiger partial charge on any atom is 0.162 e. The van der Waals surface area contributed by atoms with Gasteiger partial charge in [-0.15, -0.1) is 0 Å². The van der Waals surface area contributed by atoms with Gasteiger partial charge in [0, 0.05) is 29.9 Å². The largest absolute Gasteiger partial charge is 0.380 e. The van der Waals surface area contributed by atoms with Crippen molar-refractivity contribution in [1.82, 2.24) is 14.8 Å². The second kappa shape index (κ2) is 7.13. The van der Waals surface area contributed by atoms with E-state index in [2.05, 4.69) is 15.4 Å². The molecule has 6 nitrogen and oxygen atoms in total. The van der Waals surface area contributed by atoms with E-state index in [1.165, 1.54) is 0 Å². The number of pyridine rings is 1. The summed E-state index contributed by atoms with van der Waals surface area (Å²) in [6, 6.07) is 9.38. The third kappa shape index (κ3) is 3.80. The molecule has 8 heteroatoms. The summed E-state index contributed by atoms with van der Waals surface area (Å²) in [5, 5.41) is 8.96. The minimum atomic E-state index is -2.67. The Kier molecular flexibility index (Phi) is 4.82. The first kappa shape index (κ1) is 18.3. The Bertz CT molecular complexity index is 1070. The van der Waals surface area contributed by atoms with Crippen LogP contribution in [-0.4, -0.2) is 24.7 Å². The van der Waals surface area contributed by atoms with Gasteiger partial charge in [0.1, 0.15) is 0 Å². The SMILES string of the molecule is CCn1nc(Cl)c2c(NCc3ccc(S(=N)(=O)CC4CC4)cc3)ccnc21. The Morgan fingerprint density at radius 1 is 1.30 bits per heavy atom. The Balaban J connectivity index is 1.51. The number of aryl methyl sites for hydroxylation is 1. The molecule has 0 bridgehead atoms. The van der Waals surface area contributed by atoms with E-state index >= 15 is 0 Å². The van der Waals surface area contributed by atoms with Crippen molar-refractivity contribution in [1.29, 1.82) is 4.78 Å². The molecule has 3 aromatic rings. The van der Waals surface area contributed by atoms with Crippen molar-refractivity contribution in [2.24, 2.45) is 5.92 Å². The Morgan fingerprint density at radius 2 is 2.04 bits per heavy atom. The number of nitrogens with zero attached hydrogens (tertiary/aromatic N) is 3. The molecule has 2 heterocycles. The Hall–Kier alpha value is -2.12. The number of anilines is 1. The van der Waals surface area contributed by atoms with Crippen LogP contribution in [0.4, 0.5) is 5.69 Å². The van der Waals surface area contributed by atoms with E-state index in [0.717, 1.165) is 35.1 Å². The number of nitrogens with one attached hydrogen (secondary N) is 2. The van der Waals surface area contributed by atoms with Crippen molar-refractivity contribution in [2.75, 3.05) is 11.1 Å². The molecule has 0 aliphatic heterocycles. The number of hydrogen-bond acceptors (Lipinski definition) is 5. The lowest BCUT2D eigenvalue weighted by Crippen LogP contribution is -2.07. The lowest BCUT2D eigenvalue weighted by Gasteiger charge is -2.10. The highest BCUT2D eigenvalue weighted by Crippen LogP contribution is 2.33. The zero-order valence-electron chi connectivity index (χ0n) is 15.1. The van der Waals surface area contributed by atoms with Crippen LogP contribution in [0.2, 0.25) is 5.15 Å². The maximum atomic E-state index is 12.6. The molecule has 27 heavy (non-hydrogen) atoms. The molecular formula is C19H22ClN5OS. The standard InChI is InChI=1S/C19H22ClN5OS/c1-2-25-19-17(18(20)24-25)16(9-10-22-19)23-11-13-5-7-15(8-6-13)27(21,26)12-14-3-4-14/h5-10,14,21H,2-4,11-12H2,1H3,(H,22,23). The maximum absolute atomic E-state index is 12.6. The number of aromatic nitrogens is 3. The zero-order chi connectivity index (χ0) is 19.0. The Morgan fingerprint density at radius 3 is 2.70 bits per heavy atom. The van der Waals surface area contributed by atoms with Crippen LogP contribution in [0.3, 0.4) is 0 Å². The van der Waals surface area contributed by atoms with Crippen LogP contribution in [0.25, 0.3) is 11.0 Å². The molecule has 1 aliphatic carbocycles. The summed E-state index contributed by atoms with van der Waals surface area (Å²) >= 11 is 6.30. The smallest absolute Gasteiger partial charge is 0.162 e. The van der Waals surface area contributed by atoms with Gasteiger partial charge in [-0.3, -0.25) is 0 Å². The molecule has 0 saturated heterocycles. The summed E-state index contributed by atoms with van der Waals surface area (Å²) in [5.74, 6) is 0.957. The third-order valence-electron chi connectivity index (χ3n) is 4.84. The molecule has 142 valence electrons. The van der Waals surface area contributed by atoms with E-state index in [4.69, 9.17) is 16.4 Å². The molecule has 1 atom stereocenters. The van der Waals surface area contributed by atoms with Gasteiger partial charge in [-0.05, 0) is 49.4 Å². The van der Waals surface area contributed by atoms with Crippen LogP contribution in [0.1, 0.15) is 25.3 Å². The second-order valence-electron chi connectivity index (χ2n) is 6.95. The van der Waals surface area contributed by atoms with Gasteiger partial charge in [0.05, 0.1) is 20.8 Å². The minimum Gasteiger partial charge on any atom is -0.380 e. The predicted molar refractivity (Wildman–Crippen MR) is 109 cm³/mol. The van der Waals surface area contributed by atoms with Crippen LogP contribution in [-0.2, 0) is 22.8 Å². The first-order chi connectivity index (χ1) is 13.0. The normalized spacial score (nSPS) is 16.4. The van der Waals surface area contributed by atoms with Crippen LogP contribution in [0.15, 0.2) is 41.4 Å². The van der Waals surface area contributed by atoms with Crippen molar-refractivity contribution in [3.63, 3.8) is 0 Å².